The molecule has 112 valence electrons. The maximum absolute atomic E-state index is 5.11. The lowest BCUT2D eigenvalue weighted by Crippen LogP contribution is -2.43. The lowest BCUT2D eigenvalue weighted by atomic mass is 10.0. The van der Waals surface area contributed by atoms with E-state index in [0.29, 0.717) is 17.8 Å². The third-order valence-corrected chi connectivity index (χ3v) is 4.02. The van der Waals surface area contributed by atoms with Crippen LogP contribution in [0, 0.1) is 5.92 Å². The molecule has 0 radical (unpaired) electrons. The van der Waals surface area contributed by atoms with Gasteiger partial charge in [-0.15, -0.1) is 0 Å². The first-order valence-electron chi connectivity index (χ1n) is 7.66. The van der Waals surface area contributed by atoms with Crippen molar-refractivity contribution in [1.82, 2.24) is 15.2 Å². The Bertz CT molecular complexity index is 393. The van der Waals surface area contributed by atoms with Crippen LogP contribution >= 0.6 is 0 Å². The minimum atomic E-state index is 0.661. The zero-order chi connectivity index (χ0) is 14.4. The molecule has 1 aliphatic heterocycles. The summed E-state index contributed by atoms with van der Waals surface area (Å²) in [6, 6.07) is 4.72. The van der Waals surface area contributed by atoms with E-state index < -0.39 is 0 Å². The topological polar surface area (TPSA) is 37.4 Å². The second kappa shape index (κ2) is 7.60. The van der Waals surface area contributed by atoms with Gasteiger partial charge in [0.2, 0.25) is 5.88 Å². The Hall–Kier alpha value is -1.13. The molecule has 2 unspecified atom stereocenters. The van der Waals surface area contributed by atoms with Crippen molar-refractivity contribution in [3.8, 4) is 5.88 Å². The molecule has 1 saturated heterocycles. The van der Waals surface area contributed by atoms with Gasteiger partial charge >= 0.3 is 0 Å². The van der Waals surface area contributed by atoms with E-state index in [-0.39, 0.29) is 0 Å². The first-order valence-corrected chi connectivity index (χ1v) is 7.66. The Labute approximate surface area is 122 Å². The van der Waals surface area contributed by atoms with Gasteiger partial charge in [-0.1, -0.05) is 19.9 Å². The number of hydrogen-bond acceptors (Lipinski definition) is 4. The standard InChI is InChI=1S/C16H27N3O/c1-4-15-7-8-19(11-13(2)9-17-15)12-14-5-6-16(20-3)18-10-14/h5-6,10,13,15,17H,4,7-9,11-12H2,1-3H3. The second-order valence-corrected chi connectivity index (χ2v) is 5.85. The highest BCUT2D eigenvalue weighted by Gasteiger charge is 2.17. The van der Waals surface area contributed by atoms with Gasteiger partial charge in [-0.05, 0) is 37.4 Å². The summed E-state index contributed by atoms with van der Waals surface area (Å²) in [5, 5.41) is 3.66. The fourth-order valence-electron chi connectivity index (χ4n) is 2.78. The van der Waals surface area contributed by atoms with Gasteiger partial charge in [-0.3, -0.25) is 4.90 Å². The minimum absolute atomic E-state index is 0.661. The van der Waals surface area contributed by atoms with Crippen molar-refractivity contribution in [1.29, 1.82) is 0 Å². The highest BCUT2D eigenvalue weighted by Crippen LogP contribution is 2.14. The highest BCUT2D eigenvalue weighted by atomic mass is 16.5. The van der Waals surface area contributed by atoms with E-state index in [1.54, 1.807) is 7.11 Å². The Kier molecular flexibility index (Phi) is 5.80. The third-order valence-electron chi connectivity index (χ3n) is 4.02. The third kappa shape index (κ3) is 4.46. The maximum Gasteiger partial charge on any atom is 0.212 e. The number of ether oxygens (including phenoxy) is 1. The van der Waals surface area contributed by atoms with Gasteiger partial charge in [0.15, 0.2) is 0 Å². The number of nitrogens with one attached hydrogen (secondary N) is 1. The van der Waals surface area contributed by atoms with Gasteiger partial charge in [0.25, 0.3) is 0 Å². The van der Waals surface area contributed by atoms with E-state index >= 15 is 0 Å². The summed E-state index contributed by atoms with van der Waals surface area (Å²) >= 11 is 0. The number of nitrogens with zero attached hydrogens (tertiary/aromatic N) is 2. The number of aromatic nitrogens is 1. The van der Waals surface area contributed by atoms with Gasteiger partial charge in [0.1, 0.15) is 0 Å². The van der Waals surface area contributed by atoms with Crippen LogP contribution in [0.25, 0.3) is 0 Å². The zero-order valence-electron chi connectivity index (χ0n) is 12.9. The normalized spacial score (nSPS) is 24.9. The van der Waals surface area contributed by atoms with E-state index in [1.807, 2.05) is 12.3 Å². The van der Waals surface area contributed by atoms with Crippen molar-refractivity contribution in [3.63, 3.8) is 0 Å². The molecule has 1 N–H and O–H groups in total. The summed E-state index contributed by atoms with van der Waals surface area (Å²) in [4.78, 5) is 6.85. The summed E-state index contributed by atoms with van der Waals surface area (Å²) in [6.45, 7) is 9.00. The lowest BCUT2D eigenvalue weighted by molar-refractivity contribution is 0.190. The van der Waals surface area contributed by atoms with E-state index in [0.717, 1.165) is 26.2 Å². The van der Waals surface area contributed by atoms with Crippen LogP contribution in [-0.2, 0) is 6.54 Å². The number of rotatable bonds is 4. The van der Waals surface area contributed by atoms with Crippen molar-refractivity contribution in [3.05, 3.63) is 23.9 Å². The van der Waals surface area contributed by atoms with Gasteiger partial charge < -0.3 is 10.1 Å². The molecule has 0 spiro atoms. The molecule has 0 bridgehead atoms. The molecule has 0 saturated carbocycles. The largest absolute Gasteiger partial charge is 0.481 e. The molecular formula is C16H27N3O. The number of pyridine rings is 1. The first kappa shape index (κ1) is 15.3. The molecule has 1 aliphatic rings. The maximum atomic E-state index is 5.11. The average molecular weight is 277 g/mol. The zero-order valence-corrected chi connectivity index (χ0v) is 12.9. The molecule has 2 rings (SSSR count). The monoisotopic (exact) mass is 277 g/mol. The van der Waals surface area contributed by atoms with Gasteiger partial charge in [-0.25, -0.2) is 4.98 Å². The fourth-order valence-corrected chi connectivity index (χ4v) is 2.78. The Morgan fingerprint density at radius 1 is 1.45 bits per heavy atom. The SMILES string of the molecule is CCC1CCN(Cc2ccc(OC)nc2)CC(C)CN1. The van der Waals surface area contributed by atoms with E-state index in [2.05, 4.69) is 35.1 Å². The van der Waals surface area contributed by atoms with Crippen molar-refractivity contribution < 1.29 is 4.74 Å². The van der Waals surface area contributed by atoms with Crippen LogP contribution in [0.5, 0.6) is 5.88 Å². The van der Waals surface area contributed by atoms with Crippen molar-refractivity contribution in [2.75, 3.05) is 26.7 Å². The van der Waals surface area contributed by atoms with Gasteiger partial charge in [-0.2, -0.15) is 0 Å². The van der Waals surface area contributed by atoms with Crippen LogP contribution in [0.2, 0.25) is 0 Å². The predicted octanol–water partition coefficient (Wildman–Crippen LogP) is 2.30. The summed E-state index contributed by atoms with van der Waals surface area (Å²) < 4.78 is 5.11. The molecule has 0 aromatic carbocycles. The predicted molar refractivity (Wildman–Crippen MR) is 81.9 cm³/mol. The molecule has 0 amide bonds. The second-order valence-electron chi connectivity index (χ2n) is 5.85. The molecule has 2 atom stereocenters. The molecule has 4 nitrogen and oxygen atoms in total. The average Bonchev–Trinajstić information content (AvgIpc) is 2.46. The van der Waals surface area contributed by atoms with Crippen LogP contribution in [0.1, 0.15) is 32.3 Å². The molecule has 1 aromatic heterocycles. The Morgan fingerprint density at radius 3 is 2.95 bits per heavy atom. The molecule has 1 fully saturated rings. The van der Waals surface area contributed by atoms with Crippen LogP contribution in [0.4, 0.5) is 0 Å². The summed E-state index contributed by atoms with van der Waals surface area (Å²) in [6.07, 6.45) is 4.37. The quantitative estimate of drug-likeness (QED) is 0.916. The molecular weight excluding hydrogens is 250 g/mol. The van der Waals surface area contributed by atoms with Crippen molar-refractivity contribution >= 4 is 0 Å². The molecule has 20 heavy (non-hydrogen) atoms. The Morgan fingerprint density at radius 2 is 2.30 bits per heavy atom. The van der Waals surface area contributed by atoms with Crippen LogP contribution in [0.3, 0.4) is 0 Å². The van der Waals surface area contributed by atoms with Crippen molar-refractivity contribution in [2.45, 2.75) is 39.3 Å². The molecule has 4 heteroatoms. The number of methoxy groups -OCH3 is 1. The van der Waals surface area contributed by atoms with Crippen LogP contribution < -0.4 is 10.1 Å². The van der Waals surface area contributed by atoms with E-state index in [9.17, 15) is 0 Å². The molecule has 0 aliphatic carbocycles. The Balaban J connectivity index is 1.94. The summed E-state index contributed by atoms with van der Waals surface area (Å²) in [7, 11) is 1.65. The smallest absolute Gasteiger partial charge is 0.212 e. The highest BCUT2D eigenvalue weighted by molar-refractivity contribution is 5.17. The molecule has 2 heterocycles. The minimum Gasteiger partial charge on any atom is -0.481 e. The summed E-state index contributed by atoms with van der Waals surface area (Å²) in [5.41, 5.74) is 1.26. The van der Waals surface area contributed by atoms with E-state index in [1.165, 1.54) is 18.4 Å². The first-order chi connectivity index (χ1) is 9.71. The van der Waals surface area contributed by atoms with Gasteiger partial charge in [0, 0.05) is 31.4 Å². The number of hydrogen-bond donors (Lipinski definition) is 1. The molecule has 1 aromatic rings. The summed E-state index contributed by atoms with van der Waals surface area (Å²) in [5.74, 6) is 1.38. The lowest BCUT2D eigenvalue weighted by Gasteiger charge is -2.32. The van der Waals surface area contributed by atoms with Crippen molar-refractivity contribution in [2.24, 2.45) is 5.92 Å². The van der Waals surface area contributed by atoms with Crippen LogP contribution in [-0.4, -0.2) is 42.7 Å². The van der Waals surface area contributed by atoms with Gasteiger partial charge in [0.05, 0.1) is 7.11 Å². The van der Waals surface area contributed by atoms with E-state index in [4.69, 9.17) is 4.74 Å². The fraction of sp³-hybridized carbons (Fsp3) is 0.688. The van der Waals surface area contributed by atoms with Crippen LogP contribution in [0.15, 0.2) is 18.3 Å².